The first-order chi connectivity index (χ1) is 14.4. The maximum absolute atomic E-state index is 13.0. The van der Waals surface area contributed by atoms with Crippen LogP contribution in [0.2, 0.25) is 5.02 Å². The summed E-state index contributed by atoms with van der Waals surface area (Å²) < 4.78 is 18.9. The third-order valence-corrected chi connectivity index (χ3v) is 6.48. The Morgan fingerprint density at radius 2 is 1.90 bits per heavy atom. The molecule has 0 spiro atoms. The minimum Gasteiger partial charge on any atom is -0.496 e. The van der Waals surface area contributed by atoms with Crippen LogP contribution in [0.15, 0.2) is 40.9 Å². The molecule has 2 aromatic carbocycles. The van der Waals surface area contributed by atoms with Crippen LogP contribution < -0.4 is 10.1 Å². The number of rotatable bonds is 7. The van der Waals surface area contributed by atoms with Gasteiger partial charge in [0.1, 0.15) is 11.6 Å². The second-order valence-corrected chi connectivity index (χ2v) is 8.47. The number of carbonyl (C=O) groups excluding carboxylic acids is 2. The molecule has 0 atom stereocenters. The molecule has 2 aromatic rings. The predicted octanol–water partition coefficient (Wildman–Crippen LogP) is 4.57. The normalized spacial score (nSPS) is 15.1. The molecule has 0 saturated carbocycles. The molecule has 160 valence electrons. The quantitative estimate of drug-likeness (QED) is 0.569. The Morgan fingerprint density at radius 3 is 2.53 bits per heavy atom. The third kappa shape index (κ3) is 5.59. The minimum atomic E-state index is -0.341. The highest BCUT2D eigenvalue weighted by atomic mass is 79.9. The van der Waals surface area contributed by atoms with Crippen LogP contribution in [0, 0.1) is 11.7 Å². The molecule has 0 aliphatic carbocycles. The van der Waals surface area contributed by atoms with Crippen LogP contribution in [0.3, 0.4) is 0 Å². The van der Waals surface area contributed by atoms with Gasteiger partial charge >= 0.3 is 0 Å². The lowest BCUT2D eigenvalue weighted by atomic mass is 9.89. The van der Waals surface area contributed by atoms with Crippen molar-refractivity contribution in [1.29, 1.82) is 0 Å². The smallest absolute Gasteiger partial charge is 0.255 e. The van der Waals surface area contributed by atoms with E-state index in [0.717, 1.165) is 25.9 Å². The van der Waals surface area contributed by atoms with Crippen molar-refractivity contribution >= 4 is 39.2 Å². The molecule has 5 nitrogen and oxygen atoms in total. The molecule has 0 radical (unpaired) electrons. The lowest BCUT2D eigenvalue weighted by molar-refractivity contribution is 0.0839. The molecular formula is C22H23BrClFN2O3. The molecule has 1 aliphatic rings. The molecule has 0 bridgehead atoms. The van der Waals surface area contributed by atoms with Gasteiger partial charge in [-0.05, 0) is 72.2 Å². The maximum atomic E-state index is 13.0. The summed E-state index contributed by atoms with van der Waals surface area (Å²) in [4.78, 5) is 27.3. The van der Waals surface area contributed by atoms with Crippen molar-refractivity contribution in [3.8, 4) is 5.75 Å². The highest BCUT2D eigenvalue weighted by Gasteiger charge is 2.25. The Bertz CT molecular complexity index is 915. The Labute approximate surface area is 188 Å². The van der Waals surface area contributed by atoms with Crippen LogP contribution in [-0.2, 0) is 0 Å². The fourth-order valence-electron chi connectivity index (χ4n) is 3.57. The zero-order valence-corrected chi connectivity index (χ0v) is 18.9. The molecule has 30 heavy (non-hydrogen) atoms. The molecule has 1 fully saturated rings. The largest absolute Gasteiger partial charge is 0.496 e. The van der Waals surface area contributed by atoms with Gasteiger partial charge in [0.25, 0.3) is 5.91 Å². The zero-order valence-electron chi connectivity index (χ0n) is 16.6. The number of piperidine rings is 1. The number of nitrogens with zero attached hydrogens (tertiary/aromatic N) is 1. The molecule has 1 N–H and O–H groups in total. The van der Waals surface area contributed by atoms with E-state index in [1.165, 1.54) is 19.2 Å². The number of hydrogen-bond donors (Lipinski definition) is 1. The van der Waals surface area contributed by atoms with Gasteiger partial charge in [0.05, 0.1) is 17.7 Å². The van der Waals surface area contributed by atoms with E-state index in [-0.39, 0.29) is 23.4 Å². The van der Waals surface area contributed by atoms with Gasteiger partial charge in [-0.15, -0.1) is 0 Å². The standard InChI is InChI=1S/C22H23BrClFN2O3/c1-30-20-13-19(24)18(23)12-17(20)22(29)26-8-11-27-9-6-15(7-10-27)21(28)14-2-4-16(25)5-3-14/h2-5,12-13,15H,6-11H2,1H3,(H,26,29). The first-order valence-corrected chi connectivity index (χ1v) is 10.9. The molecule has 1 heterocycles. The zero-order chi connectivity index (χ0) is 21.7. The summed E-state index contributed by atoms with van der Waals surface area (Å²) in [5.74, 6) is -0.126. The van der Waals surface area contributed by atoms with Crippen molar-refractivity contribution in [2.45, 2.75) is 12.8 Å². The van der Waals surface area contributed by atoms with Crippen LogP contribution >= 0.6 is 27.5 Å². The summed E-state index contributed by atoms with van der Waals surface area (Å²) in [7, 11) is 1.49. The van der Waals surface area contributed by atoms with E-state index < -0.39 is 0 Å². The molecule has 1 amide bonds. The molecular weight excluding hydrogens is 475 g/mol. The first-order valence-electron chi connectivity index (χ1n) is 9.72. The highest BCUT2D eigenvalue weighted by Crippen LogP contribution is 2.30. The van der Waals surface area contributed by atoms with Crippen LogP contribution in [0.25, 0.3) is 0 Å². The van der Waals surface area contributed by atoms with E-state index in [1.54, 1.807) is 24.3 Å². The first kappa shape index (κ1) is 22.7. The third-order valence-electron chi connectivity index (χ3n) is 5.29. The van der Waals surface area contributed by atoms with Gasteiger partial charge in [-0.3, -0.25) is 9.59 Å². The number of nitrogens with one attached hydrogen (secondary N) is 1. The summed E-state index contributed by atoms with van der Waals surface area (Å²) in [6.07, 6.45) is 1.50. The van der Waals surface area contributed by atoms with E-state index in [4.69, 9.17) is 16.3 Å². The van der Waals surface area contributed by atoms with Crippen molar-refractivity contribution in [1.82, 2.24) is 10.2 Å². The number of Topliss-reactive ketones (excluding diaryl/α,β-unsaturated/α-hetero) is 1. The summed E-state index contributed by atoms with van der Waals surface area (Å²) in [6, 6.07) is 8.97. The SMILES string of the molecule is COc1cc(Cl)c(Br)cc1C(=O)NCCN1CCC(C(=O)c2ccc(F)cc2)CC1. The van der Waals surface area contributed by atoms with Gasteiger partial charge in [0.15, 0.2) is 5.78 Å². The van der Waals surface area contributed by atoms with Crippen molar-refractivity contribution in [3.63, 3.8) is 0 Å². The summed E-state index contributed by atoms with van der Waals surface area (Å²) >= 11 is 9.37. The summed E-state index contributed by atoms with van der Waals surface area (Å²) in [5.41, 5.74) is 0.975. The van der Waals surface area contributed by atoms with Crippen LogP contribution in [0.4, 0.5) is 4.39 Å². The monoisotopic (exact) mass is 496 g/mol. The fraction of sp³-hybridized carbons (Fsp3) is 0.364. The van der Waals surface area contributed by atoms with Crippen molar-refractivity contribution in [2.24, 2.45) is 5.92 Å². The highest BCUT2D eigenvalue weighted by molar-refractivity contribution is 9.10. The van der Waals surface area contributed by atoms with Gasteiger partial charge in [-0.1, -0.05) is 11.6 Å². The maximum Gasteiger partial charge on any atom is 0.255 e. The second-order valence-electron chi connectivity index (χ2n) is 7.21. The van der Waals surface area contributed by atoms with Gasteiger partial charge in [-0.2, -0.15) is 0 Å². The molecule has 1 aliphatic heterocycles. The summed E-state index contributed by atoms with van der Waals surface area (Å²) in [5, 5.41) is 3.38. The Balaban J connectivity index is 1.46. The minimum absolute atomic E-state index is 0.0445. The fourth-order valence-corrected chi connectivity index (χ4v) is 4.06. The van der Waals surface area contributed by atoms with E-state index in [2.05, 4.69) is 26.1 Å². The van der Waals surface area contributed by atoms with Gasteiger partial charge in [-0.25, -0.2) is 4.39 Å². The lowest BCUT2D eigenvalue weighted by Gasteiger charge is -2.31. The molecule has 0 unspecified atom stereocenters. The number of ketones is 1. The Kier molecular flexibility index (Phi) is 7.86. The number of amides is 1. The number of methoxy groups -OCH3 is 1. The number of carbonyl (C=O) groups is 2. The number of benzene rings is 2. The second kappa shape index (κ2) is 10.4. The van der Waals surface area contributed by atoms with Gasteiger partial charge in [0.2, 0.25) is 0 Å². The Morgan fingerprint density at radius 1 is 1.23 bits per heavy atom. The van der Waals surface area contributed by atoms with E-state index >= 15 is 0 Å². The van der Waals surface area contributed by atoms with Gasteiger partial charge < -0.3 is 15.0 Å². The van der Waals surface area contributed by atoms with Crippen LogP contribution in [-0.4, -0.2) is 49.9 Å². The molecule has 8 heteroatoms. The number of likely N-dealkylation sites (tertiary alicyclic amines) is 1. The predicted molar refractivity (Wildman–Crippen MR) is 118 cm³/mol. The van der Waals surface area contributed by atoms with Crippen LogP contribution in [0.1, 0.15) is 33.6 Å². The van der Waals surface area contributed by atoms with Crippen molar-refractivity contribution < 1.29 is 18.7 Å². The van der Waals surface area contributed by atoms with Crippen LogP contribution in [0.5, 0.6) is 5.75 Å². The lowest BCUT2D eigenvalue weighted by Crippen LogP contribution is -2.41. The number of hydrogen-bond acceptors (Lipinski definition) is 4. The number of halogens is 3. The van der Waals surface area contributed by atoms with E-state index in [0.29, 0.717) is 39.5 Å². The topological polar surface area (TPSA) is 58.6 Å². The Hall–Kier alpha value is -1.96. The number of ether oxygens (including phenoxy) is 1. The average Bonchev–Trinajstić information content (AvgIpc) is 2.75. The summed E-state index contributed by atoms with van der Waals surface area (Å²) in [6.45, 7) is 2.74. The average molecular weight is 498 g/mol. The van der Waals surface area contributed by atoms with Gasteiger partial charge in [0, 0.05) is 35.1 Å². The van der Waals surface area contributed by atoms with E-state index in [9.17, 15) is 14.0 Å². The van der Waals surface area contributed by atoms with Crippen molar-refractivity contribution in [3.05, 3.63) is 62.8 Å². The molecule has 0 aromatic heterocycles. The molecule has 1 saturated heterocycles. The van der Waals surface area contributed by atoms with Crippen molar-refractivity contribution in [2.75, 3.05) is 33.3 Å². The van der Waals surface area contributed by atoms with E-state index in [1.807, 2.05) is 0 Å². The molecule has 3 rings (SSSR count).